The lowest BCUT2D eigenvalue weighted by Crippen LogP contribution is -1.94. The molecule has 2 aromatic carbocycles. The van der Waals surface area contributed by atoms with Gasteiger partial charge in [-0.25, -0.2) is 0 Å². The Labute approximate surface area is 112 Å². The molecule has 0 unspecified atom stereocenters. The second-order valence-electron chi connectivity index (χ2n) is 4.28. The quantitative estimate of drug-likeness (QED) is 0.896. The van der Waals surface area contributed by atoms with Crippen LogP contribution in [0.2, 0.25) is 5.02 Å². The third-order valence-electron chi connectivity index (χ3n) is 2.76. The van der Waals surface area contributed by atoms with Crippen LogP contribution in [0.4, 0.5) is 0 Å². The van der Waals surface area contributed by atoms with Crippen LogP contribution in [0.3, 0.4) is 0 Å². The molecule has 0 bridgehead atoms. The van der Waals surface area contributed by atoms with E-state index in [0.717, 1.165) is 16.7 Å². The van der Waals surface area contributed by atoms with Crippen LogP contribution in [0, 0.1) is 13.8 Å². The summed E-state index contributed by atoms with van der Waals surface area (Å²) in [4.78, 5) is 0. The zero-order valence-electron chi connectivity index (χ0n) is 10.4. The first-order valence-corrected chi connectivity index (χ1v) is 6.12. The van der Waals surface area contributed by atoms with Gasteiger partial charge in [0, 0.05) is 10.6 Å². The summed E-state index contributed by atoms with van der Waals surface area (Å²) < 4.78 is 5.82. The predicted molar refractivity (Wildman–Crippen MR) is 73.4 cm³/mol. The summed E-state index contributed by atoms with van der Waals surface area (Å²) in [5, 5.41) is 9.97. The van der Waals surface area contributed by atoms with Gasteiger partial charge >= 0.3 is 0 Å². The standard InChI is InChI=1S/C15H15ClO2/c1-10-3-6-14(12(7-10)9-17)18-15-8-13(16)5-4-11(15)2/h3-8,17H,9H2,1-2H3. The topological polar surface area (TPSA) is 29.5 Å². The van der Waals surface area contributed by atoms with Crippen LogP contribution < -0.4 is 4.74 Å². The third kappa shape index (κ3) is 2.84. The van der Waals surface area contributed by atoms with Crippen LogP contribution in [0.25, 0.3) is 0 Å². The highest BCUT2D eigenvalue weighted by Gasteiger charge is 2.07. The molecule has 0 aliphatic heterocycles. The van der Waals surface area contributed by atoms with E-state index in [1.165, 1.54) is 0 Å². The molecule has 0 radical (unpaired) electrons. The molecule has 0 heterocycles. The molecular formula is C15H15ClO2. The molecule has 0 atom stereocenters. The number of hydrogen-bond acceptors (Lipinski definition) is 2. The molecule has 2 aromatic rings. The third-order valence-corrected chi connectivity index (χ3v) is 2.99. The molecule has 2 rings (SSSR count). The van der Waals surface area contributed by atoms with Gasteiger partial charge < -0.3 is 9.84 Å². The van der Waals surface area contributed by atoms with Gasteiger partial charge in [-0.1, -0.05) is 35.4 Å². The summed E-state index contributed by atoms with van der Waals surface area (Å²) in [6.45, 7) is 3.89. The molecule has 0 spiro atoms. The van der Waals surface area contributed by atoms with Crippen molar-refractivity contribution in [2.75, 3.05) is 0 Å². The van der Waals surface area contributed by atoms with Crippen molar-refractivity contribution in [3.05, 3.63) is 58.1 Å². The van der Waals surface area contributed by atoms with Gasteiger partial charge in [0.15, 0.2) is 0 Å². The molecule has 0 saturated heterocycles. The first-order chi connectivity index (χ1) is 8.60. The van der Waals surface area contributed by atoms with Gasteiger partial charge in [-0.3, -0.25) is 0 Å². The number of rotatable bonds is 3. The molecule has 0 amide bonds. The van der Waals surface area contributed by atoms with Crippen molar-refractivity contribution in [1.29, 1.82) is 0 Å². The maximum absolute atomic E-state index is 9.34. The number of ether oxygens (including phenoxy) is 1. The number of hydrogen-bond donors (Lipinski definition) is 1. The Bertz CT molecular complexity index is 564. The number of aliphatic hydroxyl groups is 1. The van der Waals surface area contributed by atoms with E-state index in [0.29, 0.717) is 16.5 Å². The first kappa shape index (κ1) is 12.9. The highest BCUT2D eigenvalue weighted by Crippen LogP contribution is 2.30. The Morgan fingerprint density at radius 3 is 2.56 bits per heavy atom. The summed E-state index contributed by atoms with van der Waals surface area (Å²) in [5.41, 5.74) is 2.87. The van der Waals surface area contributed by atoms with Crippen LogP contribution in [-0.2, 0) is 6.61 Å². The lowest BCUT2D eigenvalue weighted by molar-refractivity contribution is 0.276. The predicted octanol–water partition coefficient (Wildman–Crippen LogP) is 4.24. The molecular weight excluding hydrogens is 248 g/mol. The molecule has 2 nitrogen and oxygen atoms in total. The van der Waals surface area contributed by atoms with Gasteiger partial charge in [0.1, 0.15) is 11.5 Å². The molecule has 0 saturated carbocycles. The fourth-order valence-corrected chi connectivity index (χ4v) is 1.90. The fraction of sp³-hybridized carbons (Fsp3) is 0.200. The Morgan fingerprint density at radius 2 is 1.83 bits per heavy atom. The Kier molecular flexibility index (Phi) is 3.90. The second kappa shape index (κ2) is 5.42. The van der Waals surface area contributed by atoms with Gasteiger partial charge in [0.05, 0.1) is 6.61 Å². The monoisotopic (exact) mass is 262 g/mol. The second-order valence-corrected chi connectivity index (χ2v) is 4.72. The maximum atomic E-state index is 9.34. The lowest BCUT2D eigenvalue weighted by Gasteiger charge is -2.12. The number of halogens is 1. The van der Waals surface area contributed by atoms with Gasteiger partial charge in [0.2, 0.25) is 0 Å². The van der Waals surface area contributed by atoms with E-state index in [4.69, 9.17) is 16.3 Å². The van der Waals surface area contributed by atoms with Crippen LogP contribution in [-0.4, -0.2) is 5.11 Å². The molecule has 0 fully saturated rings. The molecule has 18 heavy (non-hydrogen) atoms. The Hall–Kier alpha value is -1.51. The smallest absolute Gasteiger partial charge is 0.132 e. The van der Waals surface area contributed by atoms with E-state index < -0.39 is 0 Å². The van der Waals surface area contributed by atoms with Crippen LogP contribution in [0.1, 0.15) is 16.7 Å². The Balaban J connectivity index is 2.36. The molecule has 94 valence electrons. The van der Waals surface area contributed by atoms with Crippen LogP contribution in [0.15, 0.2) is 36.4 Å². The minimum Gasteiger partial charge on any atom is -0.457 e. The van der Waals surface area contributed by atoms with Gasteiger partial charge in [-0.15, -0.1) is 0 Å². The average Bonchev–Trinajstić information content (AvgIpc) is 2.36. The molecule has 3 heteroatoms. The molecule has 0 aliphatic rings. The highest BCUT2D eigenvalue weighted by molar-refractivity contribution is 6.30. The SMILES string of the molecule is Cc1ccc(Oc2cc(Cl)ccc2C)c(CO)c1. The molecule has 0 aliphatic carbocycles. The normalized spacial score (nSPS) is 10.4. The van der Waals surface area contributed by atoms with Gasteiger partial charge in [-0.05, 0) is 37.6 Å². The van der Waals surface area contributed by atoms with Crippen molar-refractivity contribution in [1.82, 2.24) is 0 Å². The first-order valence-electron chi connectivity index (χ1n) is 5.74. The number of aryl methyl sites for hydroxylation is 2. The summed E-state index contributed by atoms with van der Waals surface area (Å²) >= 11 is 5.95. The van der Waals surface area contributed by atoms with Crippen molar-refractivity contribution in [3.8, 4) is 11.5 Å². The average molecular weight is 263 g/mol. The van der Waals surface area contributed by atoms with Gasteiger partial charge in [0.25, 0.3) is 0 Å². The summed E-state index contributed by atoms with van der Waals surface area (Å²) in [7, 11) is 0. The lowest BCUT2D eigenvalue weighted by atomic mass is 10.1. The summed E-state index contributed by atoms with van der Waals surface area (Å²) in [5.74, 6) is 1.37. The summed E-state index contributed by atoms with van der Waals surface area (Å²) in [6.07, 6.45) is 0. The summed E-state index contributed by atoms with van der Waals surface area (Å²) in [6, 6.07) is 11.2. The molecule has 1 N–H and O–H groups in total. The zero-order chi connectivity index (χ0) is 13.1. The van der Waals surface area contributed by atoms with Crippen molar-refractivity contribution < 1.29 is 9.84 Å². The minimum absolute atomic E-state index is 0.0450. The van der Waals surface area contributed by atoms with Crippen molar-refractivity contribution in [2.24, 2.45) is 0 Å². The highest BCUT2D eigenvalue weighted by atomic mass is 35.5. The van der Waals surface area contributed by atoms with Crippen LogP contribution in [0.5, 0.6) is 11.5 Å². The molecule has 0 aromatic heterocycles. The van der Waals surface area contributed by atoms with E-state index in [1.807, 2.05) is 44.2 Å². The van der Waals surface area contributed by atoms with E-state index >= 15 is 0 Å². The number of benzene rings is 2. The van der Waals surface area contributed by atoms with E-state index in [2.05, 4.69) is 0 Å². The zero-order valence-corrected chi connectivity index (χ0v) is 11.2. The van der Waals surface area contributed by atoms with Crippen molar-refractivity contribution in [2.45, 2.75) is 20.5 Å². The number of aliphatic hydroxyl groups excluding tert-OH is 1. The van der Waals surface area contributed by atoms with E-state index in [9.17, 15) is 5.11 Å². The van der Waals surface area contributed by atoms with Gasteiger partial charge in [-0.2, -0.15) is 0 Å². The Morgan fingerprint density at radius 1 is 1.06 bits per heavy atom. The maximum Gasteiger partial charge on any atom is 0.132 e. The van der Waals surface area contributed by atoms with Crippen molar-refractivity contribution >= 4 is 11.6 Å². The van der Waals surface area contributed by atoms with E-state index in [1.54, 1.807) is 6.07 Å². The minimum atomic E-state index is -0.0450. The fourth-order valence-electron chi connectivity index (χ4n) is 1.73. The largest absolute Gasteiger partial charge is 0.457 e. The van der Waals surface area contributed by atoms with Crippen molar-refractivity contribution in [3.63, 3.8) is 0 Å². The van der Waals surface area contributed by atoms with E-state index in [-0.39, 0.29) is 6.61 Å². The van der Waals surface area contributed by atoms with Crippen LogP contribution >= 0.6 is 11.6 Å².